The molecule has 0 saturated carbocycles. The van der Waals surface area contributed by atoms with E-state index in [1.165, 1.54) is 32.1 Å². The average Bonchev–Trinajstić information content (AvgIpc) is 3.18. The van der Waals surface area contributed by atoms with Crippen LogP contribution in [-0.2, 0) is 33.3 Å². The van der Waals surface area contributed by atoms with Gasteiger partial charge in [-0.3, -0.25) is 9.59 Å². The molecule has 0 aliphatic rings. The van der Waals surface area contributed by atoms with Gasteiger partial charge in [0, 0.05) is 12.8 Å². The Balaban J connectivity index is 4.59. The number of rotatable bonds is 39. The van der Waals surface area contributed by atoms with Crippen LogP contribution in [0.2, 0.25) is 0 Å². The number of carboxylic acids is 1. The van der Waals surface area contributed by atoms with E-state index in [9.17, 15) is 19.5 Å². The van der Waals surface area contributed by atoms with Crippen molar-refractivity contribution in [2.45, 2.75) is 161 Å². The van der Waals surface area contributed by atoms with Gasteiger partial charge in [0.05, 0.1) is 40.3 Å². The Bertz CT molecular complexity index is 1220. The van der Waals surface area contributed by atoms with Crippen molar-refractivity contribution in [1.82, 2.24) is 0 Å². The summed E-state index contributed by atoms with van der Waals surface area (Å²) in [5.74, 6) is -2.40. The van der Waals surface area contributed by atoms with Gasteiger partial charge in [0.15, 0.2) is 12.4 Å². The van der Waals surface area contributed by atoms with Gasteiger partial charge in [-0.2, -0.15) is 0 Å². The summed E-state index contributed by atoms with van der Waals surface area (Å²) in [4.78, 5) is 36.9. The van der Waals surface area contributed by atoms with E-state index >= 15 is 0 Å². The summed E-state index contributed by atoms with van der Waals surface area (Å²) < 4.78 is 22.4. The standard InChI is InChI=1S/C49H81NO8/c1-6-8-10-12-14-16-18-20-22-24-26-28-30-32-34-36-38-40-47(52)58-45(44-57-49(48(53)54)55-42-41-50(3,4)5)43-56-46(51)39-37-35-33-31-29-27-25-23-21-19-17-15-13-11-9-7-2/h8,10,14,16-17,19-20,22-23,25-26,28,32,34,45,49H,6-7,9,11-13,15,18,21,24,27,29-31,33,35-44H2,1-5H3/b10-8-,16-14-,19-17-,22-20-,25-23-,28-26-,34-32-. The molecular formula is C49H81NO8. The topological polar surface area (TPSA) is 111 Å². The van der Waals surface area contributed by atoms with Crippen LogP contribution in [0.15, 0.2) is 85.1 Å². The van der Waals surface area contributed by atoms with Crippen LogP contribution in [0.3, 0.4) is 0 Å². The Morgan fingerprint density at radius 3 is 1.52 bits per heavy atom. The molecule has 0 aromatic carbocycles. The predicted octanol–water partition coefficient (Wildman–Crippen LogP) is 10.4. The van der Waals surface area contributed by atoms with Gasteiger partial charge in [0.25, 0.3) is 0 Å². The molecule has 2 unspecified atom stereocenters. The highest BCUT2D eigenvalue weighted by molar-refractivity contribution is 5.70. The van der Waals surface area contributed by atoms with E-state index in [1.807, 2.05) is 27.2 Å². The van der Waals surface area contributed by atoms with Crippen molar-refractivity contribution in [2.24, 2.45) is 0 Å². The Hall–Kier alpha value is -3.53. The molecule has 0 rings (SSSR count). The van der Waals surface area contributed by atoms with Crippen LogP contribution in [0, 0.1) is 0 Å². The quantitative estimate of drug-likeness (QED) is 0.0198. The van der Waals surface area contributed by atoms with E-state index in [1.54, 1.807) is 0 Å². The number of nitrogens with zero attached hydrogens (tertiary/aromatic N) is 1. The Kier molecular flexibility index (Phi) is 37.8. The third kappa shape index (κ3) is 40.7. The number of carbonyl (C=O) groups is 3. The molecule has 0 aliphatic carbocycles. The lowest BCUT2D eigenvalue weighted by molar-refractivity contribution is -0.870. The second-order valence-electron chi connectivity index (χ2n) is 15.6. The van der Waals surface area contributed by atoms with Crippen molar-refractivity contribution in [3.05, 3.63) is 85.1 Å². The molecular weight excluding hydrogens is 731 g/mol. The van der Waals surface area contributed by atoms with E-state index in [2.05, 4.69) is 92.8 Å². The molecule has 0 radical (unpaired) electrons. The molecule has 9 nitrogen and oxygen atoms in total. The highest BCUT2D eigenvalue weighted by Gasteiger charge is 2.21. The summed E-state index contributed by atoms with van der Waals surface area (Å²) in [5, 5.41) is 11.7. The van der Waals surface area contributed by atoms with Gasteiger partial charge in [-0.25, -0.2) is 0 Å². The van der Waals surface area contributed by atoms with Crippen LogP contribution in [0.25, 0.3) is 0 Å². The lowest BCUT2D eigenvalue weighted by atomic mass is 10.1. The summed E-state index contributed by atoms with van der Waals surface area (Å²) in [7, 11) is 5.87. The second kappa shape index (κ2) is 40.3. The van der Waals surface area contributed by atoms with Crippen molar-refractivity contribution in [1.29, 1.82) is 0 Å². The molecule has 0 N–H and O–H groups in total. The molecule has 0 heterocycles. The van der Waals surface area contributed by atoms with Gasteiger partial charge >= 0.3 is 11.9 Å². The average molecular weight is 812 g/mol. The molecule has 0 amide bonds. The number of ether oxygens (including phenoxy) is 4. The maximum atomic E-state index is 12.7. The number of unbranched alkanes of at least 4 members (excludes halogenated alkanes) is 10. The summed E-state index contributed by atoms with van der Waals surface area (Å²) >= 11 is 0. The fourth-order valence-electron chi connectivity index (χ4n) is 5.42. The number of hydrogen-bond donors (Lipinski definition) is 0. The fourth-order valence-corrected chi connectivity index (χ4v) is 5.42. The third-order valence-corrected chi connectivity index (χ3v) is 8.88. The molecule has 2 atom stereocenters. The second-order valence-corrected chi connectivity index (χ2v) is 15.6. The van der Waals surface area contributed by atoms with E-state index in [-0.39, 0.29) is 32.7 Å². The molecule has 330 valence electrons. The number of aliphatic carboxylic acids is 1. The van der Waals surface area contributed by atoms with Crippen LogP contribution in [0.1, 0.15) is 149 Å². The maximum Gasteiger partial charge on any atom is 0.306 e. The van der Waals surface area contributed by atoms with Gasteiger partial charge in [-0.15, -0.1) is 0 Å². The van der Waals surface area contributed by atoms with Crippen LogP contribution < -0.4 is 5.11 Å². The summed E-state index contributed by atoms with van der Waals surface area (Å²) in [5.41, 5.74) is 0. The molecule has 0 fully saturated rings. The van der Waals surface area contributed by atoms with Crippen LogP contribution >= 0.6 is 0 Å². The Morgan fingerprint density at radius 1 is 0.534 bits per heavy atom. The highest BCUT2D eigenvalue weighted by Crippen LogP contribution is 2.11. The zero-order valence-corrected chi connectivity index (χ0v) is 37.1. The number of carbonyl (C=O) groups excluding carboxylic acids is 3. The Labute approximate surface area is 353 Å². The highest BCUT2D eigenvalue weighted by atomic mass is 16.7. The minimum Gasteiger partial charge on any atom is -0.545 e. The smallest absolute Gasteiger partial charge is 0.306 e. The monoisotopic (exact) mass is 812 g/mol. The summed E-state index contributed by atoms with van der Waals surface area (Å²) in [6, 6.07) is 0. The van der Waals surface area contributed by atoms with Gasteiger partial charge in [0.2, 0.25) is 0 Å². The minimum atomic E-state index is -1.64. The maximum absolute atomic E-state index is 12.7. The number of hydrogen-bond acceptors (Lipinski definition) is 8. The van der Waals surface area contributed by atoms with Crippen molar-refractivity contribution in [3.63, 3.8) is 0 Å². The first-order valence-electron chi connectivity index (χ1n) is 22.2. The van der Waals surface area contributed by atoms with Crippen molar-refractivity contribution >= 4 is 17.9 Å². The van der Waals surface area contributed by atoms with Gasteiger partial charge < -0.3 is 33.3 Å². The van der Waals surface area contributed by atoms with Crippen molar-refractivity contribution in [2.75, 3.05) is 47.5 Å². The molecule has 0 bridgehead atoms. The number of esters is 2. The number of likely N-dealkylation sites (N-methyl/N-ethyl adjacent to an activating group) is 1. The van der Waals surface area contributed by atoms with Gasteiger partial charge in [-0.05, 0) is 83.5 Å². The molecule has 0 aromatic rings. The fraction of sp³-hybridized carbons (Fsp3) is 0.653. The van der Waals surface area contributed by atoms with E-state index in [0.29, 0.717) is 30.3 Å². The minimum absolute atomic E-state index is 0.130. The molecule has 58 heavy (non-hydrogen) atoms. The third-order valence-electron chi connectivity index (χ3n) is 8.88. The van der Waals surface area contributed by atoms with E-state index < -0.39 is 30.3 Å². The van der Waals surface area contributed by atoms with Crippen LogP contribution in [-0.4, -0.2) is 82.3 Å². The van der Waals surface area contributed by atoms with Gasteiger partial charge in [0.1, 0.15) is 13.2 Å². The van der Waals surface area contributed by atoms with Crippen molar-refractivity contribution < 1.29 is 42.9 Å². The molecule has 0 aliphatic heterocycles. The van der Waals surface area contributed by atoms with Crippen LogP contribution in [0.4, 0.5) is 0 Å². The zero-order valence-electron chi connectivity index (χ0n) is 37.1. The van der Waals surface area contributed by atoms with Crippen molar-refractivity contribution in [3.8, 4) is 0 Å². The first-order chi connectivity index (χ1) is 28.1. The molecule has 0 saturated heterocycles. The molecule has 0 aromatic heterocycles. The van der Waals surface area contributed by atoms with E-state index in [0.717, 1.165) is 70.6 Å². The lowest BCUT2D eigenvalue weighted by Gasteiger charge is -2.26. The first-order valence-corrected chi connectivity index (χ1v) is 22.2. The predicted molar refractivity (Wildman–Crippen MR) is 237 cm³/mol. The van der Waals surface area contributed by atoms with Crippen LogP contribution in [0.5, 0.6) is 0 Å². The normalized spacial score (nSPS) is 13.7. The van der Waals surface area contributed by atoms with Gasteiger partial charge in [-0.1, -0.05) is 137 Å². The zero-order chi connectivity index (χ0) is 42.8. The number of quaternary nitrogens is 1. The van der Waals surface area contributed by atoms with E-state index in [4.69, 9.17) is 18.9 Å². The largest absolute Gasteiger partial charge is 0.545 e. The number of carboxylic acid groups (broad SMARTS) is 1. The first kappa shape index (κ1) is 54.5. The summed E-state index contributed by atoms with van der Waals surface area (Å²) in [6.07, 6.45) is 47.6. The molecule has 9 heteroatoms. The Morgan fingerprint density at radius 2 is 1.00 bits per heavy atom. The SMILES string of the molecule is CC/C=C\C/C=C\C/C=C\C/C=C\C/C=C\CCCC(=O)OC(COC(=O)CCCCCCC/C=C\C/C=C\CCCCCC)COC(OCC[N+](C)(C)C)C(=O)[O-]. The lowest BCUT2D eigenvalue weighted by Crippen LogP contribution is -2.44. The molecule has 0 spiro atoms. The number of allylic oxidation sites excluding steroid dienone is 14. The summed E-state index contributed by atoms with van der Waals surface area (Å²) in [6.45, 7) is 4.49.